The molecule has 0 saturated carbocycles. The predicted molar refractivity (Wildman–Crippen MR) is 81.9 cm³/mol. The van der Waals surface area contributed by atoms with Crippen LogP contribution in [0.3, 0.4) is 0 Å². The van der Waals surface area contributed by atoms with Crippen molar-refractivity contribution in [2.45, 2.75) is 33.7 Å². The van der Waals surface area contributed by atoms with Crippen molar-refractivity contribution in [2.75, 3.05) is 5.32 Å². The molecule has 0 amide bonds. The zero-order valence-corrected chi connectivity index (χ0v) is 12.6. The van der Waals surface area contributed by atoms with Gasteiger partial charge < -0.3 is 5.32 Å². The molecular weight excluding hydrogens is 262 g/mol. The first-order valence-electron chi connectivity index (χ1n) is 6.19. The van der Waals surface area contributed by atoms with Crippen molar-refractivity contribution < 1.29 is 0 Å². The minimum absolute atomic E-state index is 0.772. The second-order valence-corrected chi connectivity index (χ2v) is 6.25. The van der Waals surface area contributed by atoms with E-state index in [0.717, 1.165) is 23.7 Å². The molecule has 3 heteroatoms. The fraction of sp³-hybridized carbons (Fsp3) is 0.333. The third-order valence-corrected chi connectivity index (χ3v) is 4.51. The van der Waals surface area contributed by atoms with Crippen LogP contribution in [0.25, 0.3) is 0 Å². The molecule has 0 atom stereocenters. The van der Waals surface area contributed by atoms with Crippen LogP contribution in [0, 0.1) is 13.8 Å². The predicted octanol–water partition coefficient (Wildman–Crippen LogP) is 5.19. The van der Waals surface area contributed by atoms with Crippen LogP contribution in [0.15, 0.2) is 24.3 Å². The highest BCUT2D eigenvalue weighted by atomic mass is 35.5. The molecule has 1 N–H and O–H groups in total. The molecule has 0 fully saturated rings. The van der Waals surface area contributed by atoms with E-state index >= 15 is 0 Å². The highest BCUT2D eigenvalue weighted by molar-refractivity contribution is 7.12. The Morgan fingerprint density at radius 3 is 2.56 bits per heavy atom. The highest BCUT2D eigenvalue weighted by Crippen LogP contribution is 2.28. The van der Waals surface area contributed by atoms with Crippen LogP contribution in [0.4, 0.5) is 5.69 Å². The normalized spacial score (nSPS) is 10.7. The molecule has 0 bridgehead atoms. The Morgan fingerprint density at radius 2 is 1.89 bits per heavy atom. The van der Waals surface area contributed by atoms with Crippen LogP contribution in [0.1, 0.15) is 27.8 Å². The summed E-state index contributed by atoms with van der Waals surface area (Å²) in [7, 11) is 0. The molecule has 0 saturated heterocycles. The lowest BCUT2D eigenvalue weighted by Gasteiger charge is -2.09. The number of benzene rings is 1. The summed E-state index contributed by atoms with van der Waals surface area (Å²) in [6.45, 7) is 7.50. The van der Waals surface area contributed by atoms with Crippen molar-refractivity contribution in [3.8, 4) is 0 Å². The summed E-state index contributed by atoms with van der Waals surface area (Å²) in [6, 6.07) is 7.87. The Bertz CT molecular complexity index is 545. The zero-order valence-electron chi connectivity index (χ0n) is 11.0. The SMILES string of the molecule is CCc1c(C)sc(C)c1CNc1cccc(Cl)c1. The van der Waals surface area contributed by atoms with E-state index in [-0.39, 0.29) is 0 Å². The first-order chi connectivity index (χ1) is 8.61. The fourth-order valence-corrected chi connectivity index (χ4v) is 3.62. The van der Waals surface area contributed by atoms with Gasteiger partial charge in [0, 0.05) is 27.0 Å². The third kappa shape index (κ3) is 2.88. The van der Waals surface area contributed by atoms with Crippen molar-refractivity contribution in [3.05, 3.63) is 50.2 Å². The average molecular weight is 280 g/mol. The lowest BCUT2D eigenvalue weighted by molar-refractivity contribution is 1.04. The molecule has 0 aliphatic rings. The van der Waals surface area contributed by atoms with Gasteiger partial charge in [-0.1, -0.05) is 24.6 Å². The minimum atomic E-state index is 0.772. The molecule has 1 nitrogen and oxygen atoms in total. The number of anilines is 1. The topological polar surface area (TPSA) is 12.0 Å². The van der Waals surface area contributed by atoms with Crippen LogP contribution in [-0.2, 0) is 13.0 Å². The summed E-state index contributed by atoms with van der Waals surface area (Å²) >= 11 is 7.88. The van der Waals surface area contributed by atoms with Gasteiger partial charge in [-0.2, -0.15) is 0 Å². The average Bonchev–Trinajstić information content (AvgIpc) is 2.60. The van der Waals surface area contributed by atoms with Gasteiger partial charge in [0.1, 0.15) is 0 Å². The zero-order chi connectivity index (χ0) is 13.1. The monoisotopic (exact) mass is 279 g/mol. The van der Waals surface area contributed by atoms with Gasteiger partial charge in [0.05, 0.1) is 0 Å². The van der Waals surface area contributed by atoms with E-state index in [9.17, 15) is 0 Å². The molecule has 1 aromatic carbocycles. The summed E-state index contributed by atoms with van der Waals surface area (Å²) in [5, 5.41) is 4.23. The Morgan fingerprint density at radius 1 is 1.17 bits per heavy atom. The van der Waals surface area contributed by atoms with Crippen LogP contribution < -0.4 is 5.32 Å². The van der Waals surface area contributed by atoms with Gasteiger partial charge in [0.15, 0.2) is 0 Å². The van der Waals surface area contributed by atoms with Crippen molar-refractivity contribution in [1.82, 2.24) is 0 Å². The number of hydrogen-bond donors (Lipinski definition) is 1. The van der Waals surface area contributed by atoms with Gasteiger partial charge in [-0.25, -0.2) is 0 Å². The molecule has 2 aromatic rings. The van der Waals surface area contributed by atoms with Gasteiger partial charge in [0.2, 0.25) is 0 Å². The third-order valence-electron chi connectivity index (χ3n) is 3.17. The van der Waals surface area contributed by atoms with E-state index in [0.29, 0.717) is 0 Å². The second kappa shape index (κ2) is 5.77. The molecule has 96 valence electrons. The van der Waals surface area contributed by atoms with Crippen LogP contribution >= 0.6 is 22.9 Å². The quantitative estimate of drug-likeness (QED) is 0.812. The maximum atomic E-state index is 5.98. The lowest BCUT2D eigenvalue weighted by Crippen LogP contribution is -2.02. The Hall–Kier alpha value is -0.990. The molecule has 18 heavy (non-hydrogen) atoms. The van der Waals surface area contributed by atoms with Gasteiger partial charge in [-0.15, -0.1) is 11.3 Å². The summed E-state index contributed by atoms with van der Waals surface area (Å²) < 4.78 is 0. The van der Waals surface area contributed by atoms with Crippen LogP contribution in [0.5, 0.6) is 0 Å². The molecule has 0 radical (unpaired) electrons. The molecule has 1 heterocycles. The molecule has 0 spiro atoms. The van der Waals surface area contributed by atoms with Crippen LogP contribution in [-0.4, -0.2) is 0 Å². The number of nitrogens with one attached hydrogen (secondary N) is 1. The smallest absolute Gasteiger partial charge is 0.0426 e. The Kier molecular flexibility index (Phi) is 4.31. The molecule has 1 aromatic heterocycles. The van der Waals surface area contributed by atoms with E-state index in [4.69, 9.17) is 11.6 Å². The Labute approximate surface area is 118 Å². The fourth-order valence-electron chi connectivity index (χ4n) is 2.26. The number of rotatable bonds is 4. The largest absolute Gasteiger partial charge is 0.381 e. The van der Waals surface area contributed by atoms with E-state index in [2.05, 4.69) is 26.1 Å². The summed E-state index contributed by atoms with van der Waals surface area (Å²) in [4.78, 5) is 2.86. The van der Waals surface area contributed by atoms with Crippen molar-refractivity contribution in [1.29, 1.82) is 0 Å². The number of hydrogen-bond acceptors (Lipinski definition) is 2. The van der Waals surface area contributed by atoms with Crippen LogP contribution in [0.2, 0.25) is 5.02 Å². The van der Waals surface area contributed by atoms with E-state index in [1.165, 1.54) is 20.9 Å². The summed E-state index contributed by atoms with van der Waals surface area (Å²) in [6.07, 6.45) is 1.10. The van der Waals surface area contributed by atoms with Crippen molar-refractivity contribution in [2.24, 2.45) is 0 Å². The molecule has 0 unspecified atom stereocenters. The van der Waals surface area contributed by atoms with Gasteiger partial charge in [-0.05, 0) is 49.6 Å². The maximum Gasteiger partial charge on any atom is 0.0426 e. The highest BCUT2D eigenvalue weighted by Gasteiger charge is 2.10. The molecule has 0 aliphatic heterocycles. The second-order valence-electron chi connectivity index (χ2n) is 4.39. The first kappa shape index (κ1) is 13.4. The van der Waals surface area contributed by atoms with Gasteiger partial charge in [-0.3, -0.25) is 0 Å². The van der Waals surface area contributed by atoms with E-state index in [1.54, 1.807) is 0 Å². The number of aryl methyl sites for hydroxylation is 2. The van der Waals surface area contributed by atoms with Crippen molar-refractivity contribution >= 4 is 28.6 Å². The lowest BCUT2D eigenvalue weighted by atomic mass is 10.1. The maximum absolute atomic E-state index is 5.98. The summed E-state index contributed by atoms with van der Waals surface area (Å²) in [5.41, 5.74) is 4.01. The van der Waals surface area contributed by atoms with Gasteiger partial charge >= 0.3 is 0 Å². The first-order valence-corrected chi connectivity index (χ1v) is 7.38. The van der Waals surface area contributed by atoms with E-state index < -0.39 is 0 Å². The number of thiophene rings is 1. The number of halogens is 1. The van der Waals surface area contributed by atoms with Crippen molar-refractivity contribution in [3.63, 3.8) is 0 Å². The molecule has 0 aliphatic carbocycles. The molecular formula is C15H18ClNS. The molecule has 2 rings (SSSR count). The van der Waals surface area contributed by atoms with Gasteiger partial charge in [0.25, 0.3) is 0 Å². The standard InChI is InChI=1S/C15H18ClNS/c1-4-14-10(2)18-11(3)15(14)9-17-13-7-5-6-12(16)8-13/h5-8,17H,4,9H2,1-3H3. The minimum Gasteiger partial charge on any atom is -0.381 e. The van der Waals surface area contributed by atoms with E-state index in [1.807, 2.05) is 35.6 Å². The Balaban J connectivity index is 2.15. The summed E-state index contributed by atoms with van der Waals surface area (Å²) in [5.74, 6) is 0.